The maximum Gasteiger partial charge on any atom is 0.314 e. The van der Waals surface area contributed by atoms with Crippen molar-refractivity contribution in [3.8, 4) is 11.5 Å². The van der Waals surface area contributed by atoms with Crippen molar-refractivity contribution in [2.45, 2.75) is 208 Å². The normalized spacial score (nSPS) is 14.5. The highest BCUT2D eigenvalue weighted by Crippen LogP contribution is 2.33. The van der Waals surface area contributed by atoms with E-state index in [2.05, 4.69) is 177 Å². The molecule has 2 aromatic rings. The largest absolute Gasteiger partial charge is 0.497 e. The fraction of sp³-hybridized carbons (Fsp3) is 0.735. The molecule has 452 valence electrons. The van der Waals surface area contributed by atoms with Gasteiger partial charge in [0, 0.05) is 17.7 Å². The number of ketones is 1. The average molecular weight is 1320 g/mol. The highest BCUT2D eigenvalue weighted by atomic mass is 28.5. The molecule has 0 amide bonds. The number of hydrogen-bond acceptors (Lipinski definition) is 16. The molecule has 0 bridgehead atoms. The molecule has 2 aromatic carbocycles. The molecule has 0 aliphatic rings. The SMILES string of the molecule is CCCC[Si](C)(C)O[Si](C)(C)O[Si](C)(C)O[Si](C)(C)O[Si](C)(C)O[Si](C)(C)O[Si](C)(C)O[Si](C)(C)O[Si](C)(C)O[Si](C)(C)O[Si](C)(C)O[Si](C)(C)O[Si](C)(C)CCCOCCOc1ccc(C(=O)c2ccc(OC)cc2)cc1. The molecule has 0 N–H and O–H groups in total. The Morgan fingerprint density at radius 2 is 0.590 bits per heavy atom. The molecule has 29 heteroatoms. The monoisotopic (exact) mass is 1320 g/mol. The van der Waals surface area contributed by atoms with Gasteiger partial charge in [-0.05, 0) is 237 Å². The highest BCUT2D eigenvalue weighted by molar-refractivity contribution is 6.94. The third kappa shape index (κ3) is 30.7. The van der Waals surface area contributed by atoms with Gasteiger partial charge >= 0.3 is 94.2 Å². The lowest BCUT2D eigenvalue weighted by molar-refractivity contribution is 0.0999. The van der Waals surface area contributed by atoms with Crippen molar-refractivity contribution in [2.75, 3.05) is 26.9 Å². The highest BCUT2D eigenvalue weighted by Gasteiger charge is 2.52. The van der Waals surface area contributed by atoms with E-state index < -0.39 is 111 Å². The van der Waals surface area contributed by atoms with Gasteiger partial charge in [0.25, 0.3) is 0 Å². The van der Waals surface area contributed by atoms with Crippen LogP contribution in [0, 0.1) is 0 Å². The number of methoxy groups -OCH3 is 1. The molecule has 0 fully saturated rings. The van der Waals surface area contributed by atoms with Crippen molar-refractivity contribution in [1.29, 1.82) is 0 Å². The average Bonchev–Trinajstić information content (AvgIpc) is 3.16. The fourth-order valence-corrected chi connectivity index (χ4v) is 77.7. The van der Waals surface area contributed by atoms with E-state index in [9.17, 15) is 4.79 Å². The zero-order valence-electron chi connectivity index (χ0n) is 53.8. The Hall–Kier alpha value is 0.00948. The van der Waals surface area contributed by atoms with E-state index in [-0.39, 0.29) is 5.78 Å². The molecule has 16 nitrogen and oxygen atoms in total. The predicted octanol–water partition coefficient (Wildman–Crippen LogP) is 14.8. The van der Waals surface area contributed by atoms with Crippen molar-refractivity contribution in [3.05, 3.63) is 59.7 Å². The Bertz CT molecular complexity index is 2160. The van der Waals surface area contributed by atoms with Gasteiger partial charge in [0.05, 0.1) is 13.7 Å². The number of ether oxygens (including phenoxy) is 3. The number of benzene rings is 2. The van der Waals surface area contributed by atoms with Crippen LogP contribution in [0.3, 0.4) is 0 Å². The molecule has 0 atom stereocenters. The van der Waals surface area contributed by atoms with E-state index in [1.54, 1.807) is 43.5 Å². The molecule has 0 heterocycles. The molecule has 0 unspecified atom stereocenters. The van der Waals surface area contributed by atoms with E-state index in [0.717, 1.165) is 24.9 Å². The van der Waals surface area contributed by atoms with Gasteiger partial charge in [0.15, 0.2) is 22.4 Å². The van der Waals surface area contributed by atoms with Crippen LogP contribution in [0.2, 0.25) is 182 Å². The first-order valence-corrected chi connectivity index (χ1v) is 65.1. The Balaban J connectivity index is 1.89. The van der Waals surface area contributed by atoms with E-state index >= 15 is 0 Å². The number of unbranched alkanes of at least 4 members (excludes halogenated alkanes) is 1. The Morgan fingerprint density at radius 1 is 0.333 bits per heavy atom. The van der Waals surface area contributed by atoms with Crippen LogP contribution in [0.4, 0.5) is 0 Å². The van der Waals surface area contributed by atoms with Gasteiger partial charge < -0.3 is 63.6 Å². The van der Waals surface area contributed by atoms with Gasteiger partial charge in [0.2, 0.25) is 0 Å². The van der Waals surface area contributed by atoms with Crippen LogP contribution < -0.4 is 9.47 Å². The Labute approximate surface area is 488 Å². The lowest BCUT2D eigenvalue weighted by Gasteiger charge is -2.45. The van der Waals surface area contributed by atoms with Crippen LogP contribution in [0.5, 0.6) is 11.5 Å². The second kappa shape index (κ2) is 28.9. The van der Waals surface area contributed by atoms with Crippen molar-refractivity contribution in [3.63, 3.8) is 0 Å². The molecule has 2 rings (SSSR count). The Kier molecular flexibility index (Phi) is 27.5. The summed E-state index contributed by atoms with van der Waals surface area (Å²) in [5, 5.41) is 0. The standard InChI is InChI=1S/C49H108O16Si13/c1-29-30-43-66(3,4)54-68(7,8)56-70(11,12)58-72(15,16)60-74(19,20)62-76(23,24)64-78(27,28)65-77(25,26)63-75(21,22)61-73(17,18)59-71(13,14)57-69(9,10)55-67(5,6)44-31-40-52-41-42-53-48-38-34-46(35-39-48)49(50)45-32-36-47(51-2)37-33-45/h32-39H,29-31,40-44H2,1-28H3. The van der Waals surface area contributed by atoms with Crippen LogP contribution in [-0.4, -0.2) is 144 Å². The molecule has 0 saturated heterocycles. The van der Waals surface area contributed by atoms with Crippen LogP contribution in [0.15, 0.2) is 48.5 Å². The van der Waals surface area contributed by atoms with Gasteiger partial charge in [-0.25, -0.2) is 0 Å². The summed E-state index contributed by atoms with van der Waals surface area (Å²) in [6.45, 7) is 58.7. The zero-order valence-corrected chi connectivity index (χ0v) is 66.8. The topological polar surface area (TPSA) is 156 Å². The number of rotatable bonds is 38. The number of carbonyl (C=O) groups is 1. The summed E-state index contributed by atoms with van der Waals surface area (Å²) in [4.78, 5) is 12.9. The molecular weight excluding hydrogens is 1210 g/mol. The van der Waals surface area contributed by atoms with Gasteiger partial charge in [0.1, 0.15) is 18.1 Å². The van der Waals surface area contributed by atoms with Gasteiger partial charge in [-0.3, -0.25) is 4.79 Å². The summed E-state index contributed by atoms with van der Waals surface area (Å²) >= 11 is 0. The molecular formula is C49H108O16Si13. The molecule has 0 spiro atoms. The minimum atomic E-state index is -2.81. The van der Waals surface area contributed by atoms with Gasteiger partial charge in [-0.1, -0.05) is 19.8 Å². The quantitative estimate of drug-likeness (QED) is 0.0355. The molecule has 0 radical (unpaired) electrons. The third-order valence-electron chi connectivity index (χ3n) is 11.1. The lowest BCUT2D eigenvalue weighted by Crippen LogP contribution is -2.63. The van der Waals surface area contributed by atoms with E-state index in [1.807, 2.05) is 12.1 Å². The van der Waals surface area contributed by atoms with Crippen molar-refractivity contribution >= 4 is 117 Å². The van der Waals surface area contributed by atoms with Crippen molar-refractivity contribution in [2.24, 2.45) is 0 Å². The molecule has 0 aliphatic carbocycles. The second-order valence-corrected chi connectivity index (χ2v) is 75.0. The maximum absolute atomic E-state index is 12.9. The van der Waals surface area contributed by atoms with Gasteiger partial charge in [-0.15, -0.1) is 0 Å². The summed E-state index contributed by atoms with van der Waals surface area (Å²) < 4.78 is 99.5. The first-order chi connectivity index (χ1) is 34.9. The minimum Gasteiger partial charge on any atom is -0.497 e. The van der Waals surface area contributed by atoms with E-state index in [4.69, 9.17) is 63.6 Å². The molecule has 0 aliphatic heterocycles. The van der Waals surface area contributed by atoms with Crippen molar-refractivity contribution < 1.29 is 68.4 Å². The van der Waals surface area contributed by atoms with Crippen LogP contribution in [0.25, 0.3) is 0 Å². The zero-order chi connectivity index (χ0) is 60.3. The number of carbonyl (C=O) groups excluding carboxylic acids is 1. The van der Waals surface area contributed by atoms with Gasteiger partial charge in [-0.2, -0.15) is 0 Å². The summed E-state index contributed by atoms with van der Waals surface area (Å²) in [5.74, 6) is 1.34. The minimum absolute atomic E-state index is 0.0541. The summed E-state index contributed by atoms with van der Waals surface area (Å²) in [6.07, 6.45) is 3.21. The van der Waals surface area contributed by atoms with Crippen LogP contribution in [0.1, 0.15) is 42.1 Å². The smallest absolute Gasteiger partial charge is 0.314 e. The van der Waals surface area contributed by atoms with Crippen molar-refractivity contribution in [1.82, 2.24) is 0 Å². The molecule has 78 heavy (non-hydrogen) atoms. The fourth-order valence-electron chi connectivity index (χ4n) is 10.7. The summed E-state index contributed by atoms with van der Waals surface area (Å²) in [7, 11) is -32.3. The Morgan fingerprint density at radius 3 is 0.859 bits per heavy atom. The first kappa shape index (κ1) is 74.1. The van der Waals surface area contributed by atoms with E-state index in [0.29, 0.717) is 42.4 Å². The molecule has 0 aromatic heterocycles. The number of hydrogen-bond donors (Lipinski definition) is 0. The lowest BCUT2D eigenvalue weighted by atomic mass is 10.0. The van der Waals surface area contributed by atoms with E-state index in [1.165, 1.54) is 6.42 Å². The summed E-state index contributed by atoms with van der Waals surface area (Å²) in [5.41, 5.74) is 1.20. The van der Waals surface area contributed by atoms with Crippen LogP contribution in [-0.2, 0) is 54.1 Å². The van der Waals surface area contributed by atoms with Crippen LogP contribution >= 0.6 is 0 Å². The third-order valence-corrected chi connectivity index (χ3v) is 61.9. The molecule has 0 saturated carbocycles. The second-order valence-electron chi connectivity index (χ2n) is 26.4. The first-order valence-electron chi connectivity index (χ1n) is 27.8. The summed E-state index contributed by atoms with van der Waals surface area (Å²) in [6, 6.07) is 16.3. The predicted molar refractivity (Wildman–Crippen MR) is 349 cm³/mol. The maximum atomic E-state index is 12.9.